The van der Waals surface area contributed by atoms with Crippen molar-refractivity contribution in [2.45, 2.75) is 58.9 Å². The highest BCUT2D eigenvalue weighted by atomic mass is 32.1. The normalized spacial score (nSPS) is 12.0. The molecule has 1 aromatic carbocycles. The molecule has 3 nitrogen and oxygen atoms in total. The Balaban J connectivity index is 2.35. The zero-order chi connectivity index (χ0) is 15.5. The highest BCUT2D eigenvalue weighted by Gasteiger charge is 2.24. The average Bonchev–Trinajstić information content (AvgIpc) is 2.77. The number of fused-ring (bicyclic) bond motifs is 1. The van der Waals surface area contributed by atoms with Crippen molar-refractivity contribution in [1.82, 2.24) is 3.96 Å². The number of ether oxygens (including phenoxy) is 1. The second-order valence-electron chi connectivity index (χ2n) is 6.05. The molecule has 0 aliphatic rings. The molecule has 4 heteroatoms. The van der Waals surface area contributed by atoms with Crippen LogP contribution in [-0.2, 0) is 5.54 Å². The molecule has 0 saturated carbocycles. The Hall–Kier alpha value is -1.29. The summed E-state index contributed by atoms with van der Waals surface area (Å²) in [6, 6.07) is 5.75. The lowest BCUT2D eigenvalue weighted by molar-refractivity contribution is 0.332. The van der Waals surface area contributed by atoms with Crippen molar-refractivity contribution in [2.75, 3.05) is 6.61 Å². The van der Waals surface area contributed by atoms with E-state index >= 15 is 0 Å². The molecule has 0 N–H and O–H groups in total. The van der Waals surface area contributed by atoms with E-state index in [1.165, 1.54) is 12.8 Å². The van der Waals surface area contributed by atoms with Crippen LogP contribution in [0.5, 0.6) is 5.75 Å². The summed E-state index contributed by atoms with van der Waals surface area (Å²) >= 11 is 1.55. The minimum Gasteiger partial charge on any atom is -0.494 e. The lowest BCUT2D eigenvalue weighted by atomic mass is 9.97. The van der Waals surface area contributed by atoms with Crippen LogP contribution in [0.2, 0.25) is 0 Å². The van der Waals surface area contributed by atoms with E-state index in [1.807, 2.05) is 29.1 Å². The maximum Gasteiger partial charge on any atom is 0.269 e. The van der Waals surface area contributed by atoms with E-state index in [1.54, 1.807) is 11.5 Å². The monoisotopic (exact) mass is 307 g/mol. The van der Waals surface area contributed by atoms with Crippen LogP contribution < -0.4 is 10.3 Å². The molecule has 0 spiro atoms. The molecule has 0 amide bonds. The first-order valence-corrected chi connectivity index (χ1v) is 8.56. The molecule has 2 rings (SSSR count). The van der Waals surface area contributed by atoms with Gasteiger partial charge in [-0.25, -0.2) is 0 Å². The van der Waals surface area contributed by atoms with Crippen molar-refractivity contribution >= 4 is 21.6 Å². The Labute approximate surface area is 130 Å². The van der Waals surface area contributed by atoms with Gasteiger partial charge < -0.3 is 4.74 Å². The van der Waals surface area contributed by atoms with Gasteiger partial charge >= 0.3 is 0 Å². The van der Waals surface area contributed by atoms with Crippen molar-refractivity contribution in [3.05, 3.63) is 28.6 Å². The highest BCUT2D eigenvalue weighted by Crippen LogP contribution is 2.29. The summed E-state index contributed by atoms with van der Waals surface area (Å²) < 4.78 is 8.47. The Morgan fingerprint density at radius 3 is 2.67 bits per heavy atom. The zero-order valence-corrected chi connectivity index (χ0v) is 14.3. The van der Waals surface area contributed by atoms with Crippen LogP contribution in [-0.4, -0.2) is 10.6 Å². The summed E-state index contributed by atoms with van der Waals surface area (Å²) in [5, 5.41) is 0.798. The summed E-state index contributed by atoms with van der Waals surface area (Å²) in [5.41, 5.74) is 0.00128. The van der Waals surface area contributed by atoms with Gasteiger partial charge in [0.1, 0.15) is 5.75 Å². The molecule has 0 unspecified atom stereocenters. The Morgan fingerprint density at radius 2 is 2.00 bits per heavy atom. The van der Waals surface area contributed by atoms with Crippen LogP contribution in [0.1, 0.15) is 53.4 Å². The molecule has 0 aliphatic carbocycles. The van der Waals surface area contributed by atoms with Gasteiger partial charge in [0.25, 0.3) is 5.56 Å². The van der Waals surface area contributed by atoms with Crippen LogP contribution in [0.3, 0.4) is 0 Å². The van der Waals surface area contributed by atoms with Crippen molar-refractivity contribution < 1.29 is 4.74 Å². The largest absolute Gasteiger partial charge is 0.494 e. The molecule has 0 bridgehead atoms. The van der Waals surface area contributed by atoms with Gasteiger partial charge in [0.15, 0.2) is 0 Å². The van der Waals surface area contributed by atoms with Gasteiger partial charge in [-0.2, -0.15) is 0 Å². The molecule has 0 aliphatic heterocycles. The van der Waals surface area contributed by atoms with Crippen molar-refractivity contribution in [2.24, 2.45) is 0 Å². The summed E-state index contributed by atoms with van der Waals surface area (Å²) in [7, 11) is 0. The molecule has 21 heavy (non-hydrogen) atoms. The third-order valence-electron chi connectivity index (χ3n) is 3.81. The molecule has 1 aromatic heterocycles. The summed E-state index contributed by atoms with van der Waals surface area (Å²) in [4.78, 5) is 12.6. The Bertz CT molecular complexity index is 654. The van der Waals surface area contributed by atoms with Gasteiger partial charge in [-0.15, -0.1) is 0 Å². The third kappa shape index (κ3) is 3.49. The molecular formula is C17H25NO2S. The number of aromatic nitrogens is 1. The smallest absolute Gasteiger partial charge is 0.269 e. The minimum absolute atomic E-state index is 0.123. The summed E-state index contributed by atoms with van der Waals surface area (Å²) in [5.74, 6) is 0.835. The van der Waals surface area contributed by atoms with Crippen LogP contribution >= 0.6 is 11.5 Å². The van der Waals surface area contributed by atoms with Crippen LogP contribution in [0, 0.1) is 0 Å². The van der Waals surface area contributed by atoms with Crippen LogP contribution in [0.15, 0.2) is 23.0 Å². The number of hydrogen-bond donors (Lipinski definition) is 0. The van der Waals surface area contributed by atoms with Gasteiger partial charge in [-0.05, 0) is 45.4 Å². The SMILES string of the molecule is CCCCCC(C)(C)n1sc2cc(OCC)ccc2c1=O. The van der Waals surface area contributed by atoms with Crippen LogP contribution in [0.4, 0.5) is 0 Å². The van der Waals surface area contributed by atoms with Gasteiger partial charge in [-0.1, -0.05) is 37.7 Å². The molecule has 0 atom stereocenters. The van der Waals surface area contributed by atoms with Gasteiger partial charge in [0.05, 0.1) is 22.2 Å². The van der Waals surface area contributed by atoms with E-state index in [0.717, 1.165) is 28.7 Å². The number of hydrogen-bond acceptors (Lipinski definition) is 3. The molecule has 1 heterocycles. The zero-order valence-electron chi connectivity index (χ0n) is 13.4. The minimum atomic E-state index is -0.123. The molecule has 0 saturated heterocycles. The number of benzene rings is 1. The van der Waals surface area contributed by atoms with Crippen molar-refractivity contribution in [1.29, 1.82) is 0 Å². The first-order chi connectivity index (χ1) is 9.99. The fraction of sp³-hybridized carbons (Fsp3) is 0.588. The molecule has 0 fully saturated rings. The maximum atomic E-state index is 12.6. The number of unbranched alkanes of at least 4 members (excludes halogenated alkanes) is 2. The first kappa shape index (κ1) is 16.1. The van der Waals surface area contributed by atoms with Gasteiger partial charge in [0.2, 0.25) is 0 Å². The lowest BCUT2D eigenvalue weighted by Gasteiger charge is -2.24. The lowest BCUT2D eigenvalue weighted by Crippen LogP contribution is -2.32. The summed E-state index contributed by atoms with van der Waals surface area (Å²) in [6.45, 7) is 9.12. The average molecular weight is 307 g/mol. The number of nitrogens with zero attached hydrogens (tertiary/aromatic N) is 1. The number of rotatable bonds is 7. The molecule has 2 aromatic rings. The van der Waals surface area contributed by atoms with E-state index in [9.17, 15) is 4.79 Å². The Morgan fingerprint density at radius 1 is 1.24 bits per heavy atom. The topological polar surface area (TPSA) is 31.2 Å². The van der Waals surface area contributed by atoms with Gasteiger partial charge in [-0.3, -0.25) is 8.75 Å². The molecule has 116 valence electrons. The predicted octanol–water partition coefficient (Wildman–Crippen LogP) is 4.78. The molecule has 0 radical (unpaired) electrons. The van der Waals surface area contributed by atoms with E-state index in [-0.39, 0.29) is 11.1 Å². The van der Waals surface area contributed by atoms with Crippen molar-refractivity contribution in [3.63, 3.8) is 0 Å². The van der Waals surface area contributed by atoms with Crippen molar-refractivity contribution in [3.8, 4) is 5.75 Å². The second kappa shape index (κ2) is 6.65. The first-order valence-electron chi connectivity index (χ1n) is 7.79. The molecular weight excluding hydrogens is 282 g/mol. The summed E-state index contributed by atoms with van der Waals surface area (Å²) in [6.07, 6.45) is 4.62. The predicted molar refractivity (Wildman–Crippen MR) is 90.7 cm³/mol. The van der Waals surface area contributed by atoms with E-state index in [4.69, 9.17) is 4.74 Å². The van der Waals surface area contributed by atoms with Gasteiger partial charge in [0, 0.05) is 0 Å². The second-order valence-corrected chi connectivity index (χ2v) is 7.04. The highest BCUT2D eigenvalue weighted by molar-refractivity contribution is 7.14. The fourth-order valence-corrected chi connectivity index (χ4v) is 3.71. The van der Waals surface area contributed by atoms with E-state index in [2.05, 4.69) is 20.8 Å². The van der Waals surface area contributed by atoms with E-state index in [0.29, 0.717) is 6.61 Å². The fourth-order valence-electron chi connectivity index (χ4n) is 2.57. The maximum absolute atomic E-state index is 12.6. The standard InChI is InChI=1S/C17H25NO2S/c1-5-7-8-11-17(3,4)18-16(19)14-10-9-13(20-6-2)12-15(14)21-18/h9-10,12H,5-8,11H2,1-4H3. The quantitative estimate of drug-likeness (QED) is 0.689. The van der Waals surface area contributed by atoms with Crippen LogP contribution in [0.25, 0.3) is 10.1 Å². The Kier molecular flexibility index (Phi) is 5.09. The van der Waals surface area contributed by atoms with E-state index < -0.39 is 0 Å². The third-order valence-corrected chi connectivity index (χ3v) is 5.19.